The van der Waals surface area contributed by atoms with Gasteiger partial charge in [-0.25, -0.2) is 27.0 Å². The Labute approximate surface area is 122 Å². The van der Waals surface area contributed by atoms with E-state index in [-0.39, 0.29) is 5.69 Å². The number of halogens is 2. The number of carboxylic acids is 1. The van der Waals surface area contributed by atoms with Crippen molar-refractivity contribution in [3.05, 3.63) is 45.4 Å². The van der Waals surface area contributed by atoms with E-state index < -0.39 is 43.7 Å². The molecule has 1 aromatic carbocycles. The van der Waals surface area contributed by atoms with Crippen molar-refractivity contribution in [2.24, 2.45) is 0 Å². The van der Waals surface area contributed by atoms with E-state index in [0.717, 1.165) is 0 Å². The Bertz CT molecular complexity index is 815. The van der Waals surface area contributed by atoms with Crippen LogP contribution in [0, 0.1) is 18.6 Å². The van der Waals surface area contributed by atoms with Gasteiger partial charge in [0.2, 0.25) is 0 Å². The maximum atomic E-state index is 13.7. The summed E-state index contributed by atoms with van der Waals surface area (Å²) in [6.45, 7) is 1.67. The van der Waals surface area contributed by atoms with Crippen LogP contribution in [0.2, 0.25) is 0 Å². The second kappa shape index (κ2) is 5.49. The minimum absolute atomic E-state index is 0.193. The summed E-state index contributed by atoms with van der Waals surface area (Å²) in [5, 5.41) is 10.9. The first-order chi connectivity index (χ1) is 9.70. The number of aryl methyl sites for hydroxylation is 1. The Balaban J connectivity index is 2.51. The molecule has 0 saturated heterocycles. The number of benzene rings is 1. The first-order valence-electron chi connectivity index (χ1n) is 5.57. The SMILES string of the molecule is Cc1nc(CS(=O)(=O)c2cc(C(=O)O)cc(F)c2F)cs1. The van der Waals surface area contributed by atoms with Gasteiger partial charge in [0.15, 0.2) is 21.5 Å². The van der Waals surface area contributed by atoms with Crippen molar-refractivity contribution in [1.29, 1.82) is 0 Å². The fourth-order valence-corrected chi connectivity index (χ4v) is 3.75. The molecule has 0 atom stereocenters. The molecule has 0 aliphatic rings. The highest BCUT2D eigenvalue weighted by Gasteiger charge is 2.25. The lowest BCUT2D eigenvalue weighted by Crippen LogP contribution is -2.11. The molecular formula is C12H9F2NO4S2. The summed E-state index contributed by atoms with van der Waals surface area (Å²) in [5.41, 5.74) is -0.444. The first-order valence-corrected chi connectivity index (χ1v) is 8.10. The summed E-state index contributed by atoms with van der Waals surface area (Å²) in [6.07, 6.45) is 0. The van der Waals surface area contributed by atoms with Crippen molar-refractivity contribution in [2.75, 3.05) is 0 Å². The Morgan fingerprint density at radius 3 is 2.57 bits per heavy atom. The van der Waals surface area contributed by atoms with Gasteiger partial charge in [0.25, 0.3) is 0 Å². The molecule has 1 heterocycles. The van der Waals surface area contributed by atoms with Crippen LogP contribution in [0.15, 0.2) is 22.4 Å². The van der Waals surface area contributed by atoms with Gasteiger partial charge in [0.1, 0.15) is 4.90 Å². The zero-order valence-electron chi connectivity index (χ0n) is 10.6. The number of nitrogens with zero attached hydrogens (tertiary/aromatic N) is 1. The van der Waals surface area contributed by atoms with Crippen LogP contribution in [0.3, 0.4) is 0 Å². The van der Waals surface area contributed by atoms with Gasteiger partial charge in [-0.15, -0.1) is 11.3 Å². The number of aromatic nitrogens is 1. The van der Waals surface area contributed by atoms with Gasteiger partial charge in [-0.3, -0.25) is 0 Å². The quantitative estimate of drug-likeness (QED) is 0.929. The summed E-state index contributed by atoms with van der Waals surface area (Å²) in [6, 6.07) is 1.04. The number of hydrogen-bond donors (Lipinski definition) is 1. The molecule has 0 radical (unpaired) electrons. The smallest absolute Gasteiger partial charge is 0.335 e. The third-order valence-electron chi connectivity index (χ3n) is 2.58. The van der Waals surface area contributed by atoms with E-state index in [4.69, 9.17) is 5.11 Å². The van der Waals surface area contributed by atoms with Gasteiger partial charge in [-0.05, 0) is 19.1 Å². The van der Waals surface area contributed by atoms with Crippen molar-refractivity contribution >= 4 is 27.1 Å². The fourth-order valence-electron chi connectivity index (χ4n) is 1.66. The molecule has 0 bridgehead atoms. The van der Waals surface area contributed by atoms with E-state index in [1.54, 1.807) is 6.92 Å². The molecule has 0 amide bonds. The minimum Gasteiger partial charge on any atom is -0.478 e. The molecule has 0 aliphatic heterocycles. The average molecular weight is 333 g/mol. The molecule has 21 heavy (non-hydrogen) atoms. The van der Waals surface area contributed by atoms with E-state index in [1.165, 1.54) is 16.7 Å². The molecule has 9 heteroatoms. The standard InChI is InChI=1S/C12H9F2NO4S2/c1-6-15-8(4-20-6)5-21(18,19)10-3-7(12(16)17)2-9(13)11(10)14/h2-4H,5H2,1H3,(H,16,17). The predicted octanol–water partition coefficient (Wildman–Crippen LogP) is 2.40. The Kier molecular flexibility index (Phi) is 4.06. The monoisotopic (exact) mass is 333 g/mol. The molecule has 1 N–H and O–H groups in total. The van der Waals surface area contributed by atoms with Crippen molar-refractivity contribution in [3.63, 3.8) is 0 Å². The van der Waals surface area contributed by atoms with E-state index in [9.17, 15) is 22.0 Å². The molecule has 0 fully saturated rings. The van der Waals surface area contributed by atoms with Crippen LogP contribution in [0.25, 0.3) is 0 Å². The van der Waals surface area contributed by atoms with Crippen LogP contribution in [0.4, 0.5) is 8.78 Å². The van der Waals surface area contributed by atoms with Gasteiger partial charge in [0, 0.05) is 5.38 Å². The zero-order chi connectivity index (χ0) is 15.8. The van der Waals surface area contributed by atoms with E-state index >= 15 is 0 Å². The molecule has 0 aliphatic carbocycles. The van der Waals surface area contributed by atoms with Crippen LogP contribution in [0.1, 0.15) is 21.1 Å². The largest absolute Gasteiger partial charge is 0.478 e. The number of sulfone groups is 1. The van der Waals surface area contributed by atoms with Gasteiger partial charge in [-0.1, -0.05) is 0 Å². The maximum Gasteiger partial charge on any atom is 0.335 e. The number of carboxylic acid groups (broad SMARTS) is 1. The number of carbonyl (C=O) groups is 1. The molecular weight excluding hydrogens is 324 g/mol. The van der Waals surface area contributed by atoms with Gasteiger partial charge in [0.05, 0.1) is 22.0 Å². The Morgan fingerprint density at radius 2 is 2.05 bits per heavy atom. The summed E-state index contributed by atoms with van der Waals surface area (Å²) < 4.78 is 51.3. The van der Waals surface area contributed by atoms with Crippen molar-refractivity contribution < 1.29 is 27.1 Å². The second-order valence-electron chi connectivity index (χ2n) is 4.19. The summed E-state index contributed by atoms with van der Waals surface area (Å²) >= 11 is 1.22. The van der Waals surface area contributed by atoms with Gasteiger partial charge < -0.3 is 5.11 Å². The number of rotatable bonds is 4. The lowest BCUT2D eigenvalue weighted by Gasteiger charge is -2.06. The first kappa shape index (κ1) is 15.5. The highest BCUT2D eigenvalue weighted by atomic mass is 32.2. The highest BCUT2D eigenvalue weighted by molar-refractivity contribution is 7.90. The van der Waals surface area contributed by atoms with Crippen molar-refractivity contribution in [2.45, 2.75) is 17.6 Å². The molecule has 0 saturated carbocycles. The normalized spacial score (nSPS) is 11.6. The zero-order valence-corrected chi connectivity index (χ0v) is 12.3. The van der Waals surface area contributed by atoms with Crippen LogP contribution in [-0.2, 0) is 15.6 Å². The van der Waals surface area contributed by atoms with Crippen LogP contribution in [-0.4, -0.2) is 24.5 Å². The molecule has 0 unspecified atom stereocenters. The van der Waals surface area contributed by atoms with E-state index in [1.807, 2.05) is 0 Å². The summed E-state index contributed by atoms with van der Waals surface area (Å²) in [5.74, 6) is -5.29. The summed E-state index contributed by atoms with van der Waals surface area (Å²) in [7, 11) is -4.24. The topological polar surface area (TPSA) is 84.3 Å². The minimum atomic E-state index is -4.24. The van der Waals surface area contributed by atoms with Gasteiger partial charge >= 0.3 is 5.97 Å². The number of thiazole rings is 1. The fraction of sp³-hybridized carbons (Fsp3) is 0.167. The summed E-state index contributed by atoms with van der Waals surface area (Å²) in [4.78, 5) is 13.8. The van der Waals surface area contributed by atoms with Crippen molar-refractivity contribution in [1.82, 2.24) is 4.98 Å². The predicted molar refractivity (Wildman–Crippen MR) is 71.1 cm³/mol. The Morgan fingerprint density at radius 1 is 1.38 bits per heavy atom. The number of hydrogen-bond acceptors (Lipinski definition) is 5. The molecule has 0 spiro atoms. The molecule has 5 nitrogen and oxygen atoms in total. The molecule has 1 aromatic heterocycles. The number of aromatic carboxylic acids is 1. The second-order valence-corrected chi connectivity index (χ2v) is 7.21. The third kappa shape index (κ3) is 3.24. The van der Waals surface area contributed by atoms with Crippen LogP contribution in [0.5, 0.6) is 0 Å². The maximum absolute atomic E-state index is 13.7. The van der Waals surface area contributed by atoms with Crippen LogP contribution >= 0.6 is 11.3 Å². The van der Waals surface area contributed by atoms with E-state index in [0.29, 0.717) is 17.1 Å². The molecule has 2 aromatic rings. The van der Waals surface area contributed by atoms with E-state index in [2.05, 4.69) is 4.98 Å². The highest BCUT2D eigenvalue weighted by Crippen LogP contribution is 2.24. The third-order valence-corrected chi connectivity index (χ3v) is 5.05. The lowest BCUT2D eigenvalue weighted by atomic mass is 10.2. The average Bonchev–Trinajstić information content (AvgIpc) is 2.76. The van der Waals surface area contributed by atoms with Crippen LogP contribution < -0.4 is 0 Å². The lowest BCUT2D eigenvalue weighted by molar-refractivity contribution is 0.0696. The van der Waals surface area contributed by atoms with Gasteiger partial charge in [-0.2, -0.15) is 0 Å². The Hall–Kier alpha value is -1.87. The van der Waals surface area contributed by atoms with Crippen molar-refractivity contribution in [3.8, 4) is 0 Å². The molecule has 2 rings (SSSR count). The molecule has 112 valence electrons.